The zero-order valence-electron chi connectivity index (χ0n) is 10.4. The number of ketones is 1. The first-order chi connectivity index (χ1) is 8.91. The molecule has 1 unspecified atom stereocenters. The molecule has 0 aromatic heterocycles. The van der Waals surface area contributed by atoms with Crippen LogP contribution in [0.2, 0.25) is 0 Å². The Bertz CT molecular complexity index is 475. The Labute approximate surface area is 114 Å². The molecule has 0 spiro atoms. The molecule has 19 heavy (non-hydrogen) atoms. The summed E-state index contributed by atoms with van der Waals surface area (Å²) in [5.74, 6) is 1.01. The second-order valence-electron chi connectivity index (χ2n) is 4.48. The minimum absolute atomic E-state index is 0.227. The maximum Gasteiger partial charge on any atom is 0.417 e. The van der Waals surface area contributed by atoms with E-state index in [0.29, 0.717) is 5.75 Å². The lowest BCUT2D eigenvalue weighted by atomic mass is 9.98. The number of benzene rings is 1. The van der Waals surface area contributed by atoms with Crippen molar-refractivity contribution in [2.75, 3.05) is 25.1 Å². The number of rotatable bonds is 2. The fraction of sp³-hybridized carbons (Fsp3) is 0.462. The quantitative estimate of drug-likeness (QED) is 0.781. The van der Waals surface area contributed by atoms with Gasteiger partial charge in [0.25, 0.3) is 0 Å². The second-order valence-corrected chi connectivity index (χ2v) is 5.63. The summed E-state index contributed by atoms with van der Waals surface area (Å²) in [5.41, 5.74) is -1.07. The summed E-state index contributed by atoms with van der Waals surface area (Å²) in [6, 6.07) is 4.53. The summed E-state index contributed by atoms with van der Waals surface area (Å²) < 4.78 is 38.7. The summed E-state index contributed by atoms with van der Waals surface area (Å²) in [6.45, 7) is 0.718. The van der Waals surface area contributed by atoms with Crippen LogP contribution < -0.4 is 0 Å². The largest absolute Gasteiger partial charge is 0.417 e. The van der Waals surface area contributed by atoms with E-state index in [1.54, 1.807) is 18.8 Å². The Kier molecular flexibility index (Phi) is 4.20. The molecule has 0 amide bonds. The van der Waals surface area contributed by atoms with Crippen LogP contribution in [0.4, 0.5) is 13.2 Å². The predicted octanol–water partition coefficient (Wildman–Crippen LogP) is 2.94. The Hall–Kier alpha value is -1.01. The van der Waals surface area contributed by atoms with E-state index >= 15 is 0 Å². The first kappa shape index (κ1) is 14.4. The highest BCUT2D eigenvalue weighted by Crippen LogP contribution is 2.33. The van der Waals surface area contributed by atoms with E-state index in [1.807, 2.05) is 4.90 Å². The van der Waals surface area contributed by atoms with Gasteiger partial charge in [0, 0.05) is 23.6 Å². The molecular formula is C13H14F3NOS. The number of hydrogen-bond donors (Lipinski definition) is 0. The van der Waals surface area contributed by atoms with Gasteiger partial charge in [0.05, 0.1) is 11.6 Å². The van der Waals surface area contributed by atoms with Crippen LogP contribution in [-0.4, -0.2) is 41.8 Å². The fourth-order valence-corrected chi connectivity index (χ4v) is 3.30. The summed E-state index contributed by atoms with van der Waals surface area (Å²) in [6.07, 6.45) is -4.49. The summed E-state index contributed by atoms with van der Waals surface area (Å²) in [5, 5.41) is 0. The van der Waals surface area contributed by atoms with Crippen molar-refractivity contribution in [3.05, 3.63) is 35.4 Å². The van der Waals surface area contributed by atoms with Crippen LogP contribution in [-0.2, 0) is 6.18 Å². The molecule has 0 N–H and O–H groups in total. The minimum atomic E-state index is -4.49. The number of Topliss-reactive ketones (excluding diaryl/α,β-unsaturated/α-hetero) is 1. The van der Waals surface area contributed by atoms with E-state index in [2.05, 4.69) is 0 Å². The third-order valence-electron chi connectivity index (χ3n) is 3.20. The van der Waals surface area contributed by atoms with Gasteiger partial charge in [-0.15, -0.1) is 0 Å². The van der Waals surface area contributed by atoms with Gasteiger partial charge >= 0.3 is 6.18 Å². The number of thioether (sulfide) groups is 1. The third kappa shape index (κ3) is 3.12. The van der Waals surface area contributed by atoms with Gasteiger partial charge in [-0.1, -0.05) is 18.2 Å². The molecule has 1 heterocycles. The summed E-state index contributed by atoms with van der Waals surface area (Å²) in [4.78, 5) is 14.1. The van der Waals surface area contributed by atoms with Crippen molar-refractivity contribution in [3.63, 3.8) is 0 Å². The average Bonchev–Trinajstić information content (AvgIpc) is 2.37. The number of hydrogen-bond acceptors (Lipinski definition) is 3. The highest BCUT2D eigenvalue weighted by Gasteiger charge is 2.37. The van der Waals surface area contributed by atoms with Gasteiger partial charge in [0.15, 0.2) is 5.78 Å². The van der Waals surface area contributed by atoms with E-state index in [0.717, 1.165) is 18.4 Å². The Morgan fingerprint density at radius 2 is 2.05 bits per heavy atom. The summed E-state index contributed by atoms with van der Waals surface area (Å²) in [7, 11) is 1.78. The molecule has 1 aliphatic rings. The number of alkyl halides is 3. The van der Waals surface area contributed by atoms with Gasteiger partial charge in [0.2, 0.25) is 0 Å². The Morgan fingerprint density at radius 1 is 1.37 bits per heavy atom. The van der Waals surface area contributed by atoms with Gasteiger partial charge in [0.1, 0.15) is 0 Å². The van der Waals surface area contributed by atoms with Crippen molar-refractivity contribution >= 4 is 17.5 Å². The zero-order chi connectivity index (χ0) is 14.0. The molecule has 1 aromatic carbocycles. The van der Waals surface area contributed by atoms with Crippen molar-refractivity contribution in [2.45, 2.75) is 12.2 Å². The summed E-state index contributed by atoms with van der Waals surface area (Å²) >= 11 is 1.60. The van der Waals surface area contributed by atoms with E-state index < -0.39 is 23.6 Å². The van der Waals surface area contributed by atoms with E-state index in [-0.39, 0.29) is 5.56 Å². The SMILES string of the molecule is CN1CCSCC1C(=O)c1ccccc1C(F)(F)F. The van der Waals surface area contributed by atoms with Gasteiger partial charge in [-0.25, -0.2) is 0 Å². The molecule has 104 valence electrons. The predicted molar refractivity (Wildman–Crippen MR) is 69.5 cm³/mol. The maximum absolute atomic E-state index is 12.9. The van der Waals surface area contributed by atoms with Crippen LogP contribution in [0.15, 0.2) is 24.3 Å². The van der Waals surface area contributed by atoms with Gasteiger partial charge < -0.3 is 0 Å². The molecule has 0 saturated carbocycles. The lowest BCUT2D eigenvalue weighted by molar-refractivity contribution is -0.137. The van der Waals surface area contributed by atoms with Crippen LogP contribution in [0.25, 0.3) is 0 Å². The first-order valence-electron chi connectivity index (χ1n) is 5.89. The smallest absolute Gasteiger partial charge is 0.295 e. The topological polar surface area (TPSA) is 20.3 Å². The molecule has 1 aliphatic heterocycles. The van der Waals surface area contributed by atoms with Gasteiger partial charge in [-0.05, 0) is 13.1 Å². The molecule has 0 radical (unpaired) electrons. The standard InChI is InChI=1S/C13H14F3NOS/c1-17-6-7-19-8-11(17)12(18)9-4-2-3-5-10(9)13(14,15)16/h2-5,11H,6-8H2,1H3. The number of carbonyl (C=O) groups excluding carboxylic acids is 1. The van der Waals surface area contributed by atoms with Crippen molar-refractivity contribution in [1.82, 2.24) is 4.90 Å². The second kappa shape index (κ2) is 5.54. The number of halogens is 3. The highest BCUT2D eigenvalue weighted by atomic mass is 32.2. The molecule has 0 aliphatic carbocycles. The lowest BCUT2D eigenvalue weighted by Crippen LogP contribution is -2.45. The molecule has 1 atom stereocenters. The number of carbonyl (C=O) groups is 1. The molecule has 0 bridgehead atoms. The van der Waals surface area contributed by atoms with E-state index in [4.69, 9.17) is 0 Å². The van der Waals surface area contributed by atoms with Gasteiger partial charge in [-0.2, -0.15) is 24.9 Å². The highest BCUT2D eigenvalue weighted by molar-refractivity contribution is 7.99. The maximum atomic E-state index is 12.9. The van der Waals surface area contributed by atoms with Crippen LogP contribution in [0, 0.1) is 0 Å². The monoisotopic (exact) mass is 289 g/mol. The number of likely N-dealkylation sites (N-methyl/N-ethyl adjacent to an activating group) is 1. The molecule has 2 rings (SSSR count). The third-order valence-corrected chi connectivity index (χ3v) is 4.22. The Morgan fingerprint density at radius 3 is 2.68 bits per heavy atom. The number of nitrogens with zero attached hydrogens (tertiary/aromatic N) is 1. The average molecular weight is 289 g/mol. The first-order valence-corrected chi connectivity index (χ1v) is 7.05. The van der Waals surface area contributed by atoms with Crippen molar-refractivity contribution < 1.29 is 18.0 Å². The molecule has 1 fully saturated rings. The van der Waals surface area contributed by atoms with Crippen LogP contribution in [0.5, 0.6) is 0 Å². The van der Waals surface area contributed by atoms with Crippen molar-refractivity contribution in [1.29, 1.82) is 0 Å². The van der Waals surface area contributed by atoms with Crippen LogP contribution in [0.3, 0.4) is 0 Å². The van der Waals surface area contributed by atoms with Crippen molar-refractivity contribution in [3.8, 4) is 0 Å². The molecule has 1 aromatic rings. The fourth-order valence-electron chi connectivity index (χ4n) is 2.09. The van der Waals surface area contributed by atoms with Gasteiger partial charge in [-0.3, -0.25) is 9.69 Å². The molecule has 6 heteroatoms. The van der Waals surface area contributed by atoms with Crippen LogP contribution >= 0.6 is 11.8 Å². The minimum Gasteiger partial charge on any atom is -0.295 e. The lowest BCUT2D eigenvalue weighted by Gasteiger charge is -2.31. The normalized spacial score (nSPS) is 21.4. The van der Waals surface area contributed by atoms with E-state index in [1.165, 1.54) is 18.2 Å². The molecule has 1 saturated heterocycles. The Balaban J connectivity index is 2.33. The van der Waals surface area contributed by atoms with Crippen LogP contribution in [0.1, 0.15) is 15.9 Å². The molecule has 2 nitrogen and oxygen atoms in total. The van der Waals surface area contributed by atoms with Crippen molar-refractivity contribution in [2.24, 2.45) is 0 Å². The molecular weight excluding hydrogens is 275 g/mol. The van der Waals surface area contributed by atoms with E-state index in [9.17, 15) is 18.0 Å². The zero-order valence-corrected chi connectivity index (χ0v) is 11.2.